The Bertz CT molecular complexity index is 396. The Kier molecular flexibility index (Phi) is 4.94. The van der Waals surface area contributed by atoms with Gasteiger partial charge >= 0.3 is 0 Å². The van der Waals surface area contributed by atoms with Crippen LogP contribution < -0.4 is 5.32 Å². The number of aryl methyl sites for hydroxylation is 1. The molecule has 1 heterocycles. The summed E-state index contributed by atoms with van der Waals surface area (Å²) < 4.78 is 0. The van der Waals surface area contributed by atoms with Gasteiger partial charge in [-0.05, 0) is 49.9 Å². The minimum Gasteiger partial charge on any atom is -0.316 e. The highest BCUT2D eigenvalue weighted by Crippen LogP contribution is 2.31. The van der Waals surface area contributed by atoms with E-state index >= 15 is 0 Å². The first-order valence-corrected chi connectivity index (χ1v) is 7.08. The van der Waals surface area contributed by atoms with Crippen molar-refractivity contribution >= 4 is 0 Å². The molecule has 98 valence electrons. The molecule has 0 saturated heterocycles. The van der Waals surface area contributed by atoms with Crippen LogP contribution in [0.1, 0.15) is 43.9 Å². The van der Waals surface area contributed by atoms with Gasteiger partial charge in [0.25, 0.3) is 0 Å². The number of rotatable bonds is 6. The smallest absolute Gasteiger partial charge is 0.0504 e. The van der Waals surface area contributed by atoms with Gasteiger partial charge in [-0.3, -0.25) is 4.98 Å². The van der Waals surface area contributed by atoms with Crippen molar-refractivity contribution in [3.63, 3.8) is 0 Å². The molecule has 1 aliphatic carbocycles. The summed E-state index contributed by atoms with van der Waals surface area (Å²) in [5.74, 6) is 1.28. The Morgan fingerprint density at radius 1 is 1.50 bits per heavy atom. The van der Waals surface area contributed by atoms with Gasteiger partial charge in [0.1, 0.15) is 0 Å². The Morgan fingerprint density at radius 2 is 2.39 bits per heavy atom. The fraction of sp³-hybridized carbons (Fsp3) is 0.562. The summed E-state index contributed by atoms with van der Waals surface area (Å²) in [7, 11) is 0. The number of aromatic nitrogens is 1. The Balaban J connectivity index is 1.74. The number of pyridine rings is 1. The van der Waals surface area contributed by atoms with Crippen molar-refractivity contribution in [3.8, 4) is 0 Å². The Labute approximate surface area is 111 Å². The molecule has 0 amide bonds. The van der Waals surface area contributed by atoms with Crippen molar-refractivity contribution in [1.29, 1.82) is 0 Å². The van der Waals surface area contributed by atoms with Crippen LogP contribution >= 0.6 is 0 Å². The Hall–Kier alpha value is -1.15. The van der Waals surface area contributed by atoms with Crippen molar-refractivity contribution in [1.82, 2.24) is 10.3 Å². The zero-order valence-corrected chi connectivity index (χ0v) is 11.5. The maximum absolute atomic E-state index is 4.51. The fourth-order valence-electron chi connectivity index (χ4n) is 2.47. The van der Waals surface area contributed by atoms with Gasteiger partial charge in [-0.25, -0.2) is 0 Å². The zero-order chi connectivity index (χ0) is 12.8. The van der Waals surface area contributed by atoms with E-state index in [2.05, 4.69) is 42.4 Å². The summed E-state index contributed by atoms with van der Waals surface area (Å²) in [6, 6.07) is 4.25. The van der Waals surface area contributed by atoms with Gasteiger partial charge in [-0.1, -0.05) is 32.1 Å². The van der Waals surface area contributed by atoms with Crippen LogP contribution in [-0.4, -0.2) is 18.1 Å². The predicted octanol–water partition coefficient (Wildman–Crippen LogP) is 3.30. The molecule has 2 rings (SSSR count). The molecule has 0 fully saturated rings. The summed E-state index contributed by atoms with van der Waals surface area (Å²) in [4.78, 5) is 4.51. The van der Waals surface area contributed by atoms with E-state index in [1.807, 2.05) is 12.3 Å². The average molecular weight is 244 g/mol. The minimum atomic E-state index is 0.547. The molecule has 1 atom stereocenters. The second-order valence-electron chi connectivity index (χ2n) is 5.51. The van der Waals surface area contributed by atoms with Crippen LogP contribution in [0.25, 0.3) is 0 Å². The van der Waals surface area contributed by atoms with Crippen LogP contribution in [0, 0.1) is 5.92 Å². The molecule has 2 heteroatoms. The van der Waals surface area contributed by atoms with Crippen molar-refractivity contribution in [2.45, 2.75) is 39.0 Å². The third kappa shape index (κ3) is 3.67. The van der Waals surface area contributed by atoms with Crippen molar-refractivity contribution in [2.24, 2.45) is 5.92 Å². The topological polar surface area (TPSA) is 24.9 Å². The van der Waals surface area contributed by atoms with Gasteiger partial charge in [-0.2, -0.15) is 0 Å². The van der Waals surface area contributed by atoms with E-state index in [-0.39, 0.29) is 0 Å². The normalized spacial score (nSPS) is 18.7. The first kappa shape index (κ1) is 13.3. The summed E-state index contributed by atoms with van der Waals surface area (Å²) in [6.07, 6.45) is 10.1. The number of hydrogen-bond donors (Lipinski definition) is 1. The number of fused-ring (bicyclic) bond motifs is 1. The highest BCUT2D eigenvalue weighted by molar-refractivity contribution is 5.31. The van der Waals surface area contributed by atoms with Crippen LogP contribution in [0.3, 0.4) is 0 Å². The maximum Gasteiger partial charge on any atom is 0.0504 e. The van der Waals surface area contributed by atoms with E-state index in [9.17, 15) is 0 Å². The number of hydrogen-bond acceptors (Lipinski definition) is 2. The molecule has 0 radical (unpaired) electrons. The first-order valence-electron chi connectivity index (χ1n) is 7.08. The van der Waals surface area contributed by atoms with Gasteiger partial charge in [0.15, 0.2) is 0 Å². The second kappa shape index (κ2) is 6.69. The largest absolute Gasteiger partial charge is 0.316 e. The lowest BCUT2D eigenvalue weighted by molar-refractivity contribution is 0.556. The first-order chi connectivity index (χ1) is 8.77. The fourth-order valence-corrected chi connectivity index (χ4v) is 2.47. The molecule has 1 aliphatic rings. The standard InChI is InChI=1S/C16H24N2/c1-13(2)12-17-10-4-3-6-14-8-9-15-7-5-11-18-16(14)15/h3,5-7,11,13-14,17H,4,8-10,12H2,1-2H3. The quantitative estimate of drug-likeness (QED) is 0.613. The highest BCUT2D eigenvalue weighted by Gasteiger charge is 2.20. The molecule has 0 spiro atoms. The van der Waals surface area contributed by atoms with Gasteiger partial charge in [0.05, 0.1) is 5.69 Å². The number of nitrogens with zero attached hydrogens (tertiary/aromatic N) is 1. The second-order valence-corrected chi connectivity index (χ2v) is 5.51. The van der Waals surface area contributed by atoms with E-state index in [1.54, 1.807) is 0 Å². The van der Waals surface area contributed by atoms with Gasteiger partial charge in [0, 0.05) is 12.1 Å². The van der Waals surface area contributed by atoms with E-state index in [4.69, 9.17) is 0 Å². The molecule has 1 N–H and O–H groups in total. The number of allylic oxidation sites excluding steroid dienone is 1. The molecular weight excluding hydrogens is 220 g/mol. The van der Waals surface area contributed by atoms with Gasteiger partial charge in [-0.15, -0.1) is 0 Å². The van der Waals surface area contributed by atoms with Gasteiger partial charge < -0.3 is 5.32 Å². The molecule has 1 aromatic rings. The Morgan fingerprint density at radius 3 is 3.22 bits per heavy atom. The number of nitrogens with one attached hydrogen (secondary N) is 1. The monoisotopic (exact) mass is 244 g/mol. The average Bonchev–Trinajstić information content (AvgIpc) is 2.77. The molecular formula is C16H24N2. The highest BCUT2D eigenvalue weighted by atomic mass is 14.8. The van der Waals surface area contributed by atoms with E-state index < -0.39 is 0 Å². The summed E-state index contributed by atoms with van der Waals surface area (Å²) in [6.45, 7) is 6.67. The van der Waals surface area contributed by atoms with Crippen molar-refractivity contribution in [2.75, 3.05) is 13.1 Å². The third-order valence-corrected chi connectivity index (χ3v) is 3.41. The third-order valence-electron chi connectivity index (χ3n) is 3.41. The molecule has 0 saturated carbocycles. The lowest BCUT2D eigenvalue weighted by Crippen LogP contribution is -2.20. The van der Waals surface area contributed by atoms with Crippen molar-refractivity contribution < 1.29 is 0 Å². The lowest BCUT2D eigenvalue weighted by atomic mass is 10.1. The lowest BCUT2D eigenvalue weighted by Gasteiger charge is -2.06. The molecule has 1 aromatic heterocycles. The SMILES string of the molecule is CC(C)CNCCC=CC1CCc2cccnc21. The molecule has 2 nitrogen and oxygen atoms in total. The van der Waals surface area contributed by atoms with Crippen LogP contribution in [0.4, 0.5) is 0 Å². The zero-order valence-electron chi connectivity index (χ0n) is 11.5. The summed E-state index contributed by atoms with van der Waals surface area (Å²) in [5, 5.41) is 3.46. The molecule has 1 unspecified atom stereocenters. The molecule has 0 aliphatic heterocycles. The van der Waals surface area contributed by atoms with Crippen LogP contribution in [-0.2, 0) is 6.42 Å². The van der Waals surface area contributed by atoms with E-state index in [0.29, 0.717) is 5.92 Å². The molecule has 0 bridgehead atoms. The van der Waals surface area contributed by atoms with Gasteiger partial charge in [0.2, 0.25) is 0 Å². The van der Waals surface area contributed by atoms with Crippen LogP contribution in [0.5, 0.6) is 0 Å². The molecule has 0 aromatic carbocycles. The summed E-state index contributed by atoms with van der Waals surface area (Å²) >= 11 is 0. The maximum atomic E-state index is 4.51. The van der Waals surface area contributed by atoms with E-state index in [0.717, 1.165) is 25.4 Å². The minimum absolute atomic E-state index is 0.547. The summed E-state index contributed by atoms with van der Waals surface area (Å²) in [5.41, 5.74) is 2.73. The van der Waals surface area contributed by atoms with Crippen LogP contribution in [0.2, 0.25) is 0 Å². The molecule has 18 heavy (non-hydrogen) atoms. The van der Waals surface area contributed by atoms with Crippen molar-refractivity contribution in [3.05, 3.63) is 41.7 Å². The van der Waals surface area contributed by atoms with Crippen LogP contribution in [0.15, 0.2) is 30.5 Å². The van der Waals surface area contributed by atoms with E-state index in [1.165, 1.54) is 24.1 Å². The predicted molar refractivity (Wildman–Crippen MR) is 76.8 cm³/mol.